The molecule has 0 aliphatic carbocycles. The number of hydrogen-bond donors (Lipinski definition) is 0. The van der Waals surface area contributed by atoms with Crippen molar-refractivity contribution in [3.63, 3.8) is 0 Å². The van der Waals surface area contributed by atoms with E-state index in [0.29, 0.717) is 19.0 Å². The third-order valence-corrected chi connectivity index (χ3v) is 6.51. The first kappa shape index (κ1) is 22.1. The Morgan fingerprint density at radius 1 is 1.07 bits per heavy atom. The summed E-state index contributed by atoms with van der Waals surface area (Å²) in [5.74, 6) is 0.212. The molecule has 0 radical (unpaired) electrons. The molecule has 0 bridgehead atoms. The predicted molar refractivity (Wildman–Crippen MR) is 110 cm³/mol. The van der Waals surface area contributed by atoms with Gasteiger partial charge in [-0.25, -0.2) is 13.2 Å². The second-order valence-corrected chi connectivity index (χ2v) is 8.59. The van der Waals surface area contributed by atoms with E-state index in [4.69, 9.17) is 18.9 Å². The normalized spacial score (nSPS) is 14.9. The van der Waals surface area contributed by atoms with Gasteiger partial charge in [0.25, 0.3) is 0 Å². The lowest BCUT2D eigenvalue weighted by molar-refractivity contribution is 0.0450. The number of ether oxygens (including phenoxy) is 4. The summed E-state index contributed by atoms with van der Waals surface area (Å²) in [7, 11) is -2.45. The maximum atomic E-state index is 13.0. The van der Waals surface area contributed by atoms with E-state index in [2.05, 4.69) is 0 Å². The average molecular weight is 435 g/mol. The van der Waals surface area contributed by atoms with Gasteiger partial charge in [-0.05, 0) is 37.3 Å². The smallest absolute Gasteiger partial charge is 0.338 e. The van der Waals surface area contributed by atoms with E-state index in [1.165, 1.54) is 29.6 Å². The zero-order valence-electron chi connectivity index (χ0n) is 17.0. The Morgan fingerprint density at radius 3 is 2.43 bits per heavy atom. The van der Waals surface area contributed by atoms with Crippen LogP contribution in [0.2, 0.25) is 0 Å². The van der Waals surface area contributed by atoms with Crippen LogP contribution in [0.15, 0.2) is 47.4 Å². The van der Waals surface area contributed by atoms with Gasteiger partial charge in [-0.2, -0.15) is 4.31 Å². The Hall–Kier alpha value is -2.62. The highest BCUT2D eigenvalue weighted by molar-refractivity contribution is 7.89. The molecule has 8 nitrogen and oxygen atoms in total. The van der Waals surface area contributed by atoms with Crippen LogP contribution in [0.1, 0.15) is 15.9 Å². The molecule has 9 heteroatoms. The van der Waals surface area contributed by atoms with Crippen LogP contribution in [0.3, 0.4) is 0 Å². The van der Waals surface area contributed by atoms with Gasteiger partial charge in [0.05, 0.1) is 25.9 Å². The molecule has 0 aromatic heterocycles. The van der Waals surface area contributed by atoms with Crippen LogP contribution < -0.4 is 9.47 Å². The molecule has 162 valence electrons. The fourth-order valence-corrected chi connectivity index (χ4v) is 4.53. The fraction of sp³-hybridized carbons (Fsp3) is 0.381. The molecule has 0 amide bonds. The molecule has 1 fully saturated rings. The number of sulfonamides is 1. The van der Waals surface area contributed by atoms with Crippen LogP contribution in [0.4, 0.5) is 0 Å². The molecule has 0 N–H and O–H groups in total. The maximum Gasteiger partial charge on any atom is 0.338 e. The van der Waals surface area contributed by atoms with E-state index in [-0.39, 0.29) is 42.5 Å². The summed E-state index contributed by atoms with van der Waals surface area (Å²) in [5.41, 5.74) is 1.24. The minimum atomic E-state index is -3.83. The van der Waals surface area contributed by atoms with Crippen molar-refractivity contribution in [1.82, 2.24) is 4.31 Å². The van der Waals surface area contributed by atoms with Crippen molar-refractivity contribution in [2.24, 2.45) is 0 Å². The van der Waals surface area contributed by atoms with Gasteiger partial charge in [-0.1, -0.05) is 17.7 Å². The van der Waals surface area contributed by atoms with Crippen LogP contribution in [0.5, 0.6) is 11.5 Å². The van der Waals surface area contributed by atoms with Crippen molar-refractivity contribution < 1.29 is 32.2 Å². The highest BCUT2D eigenvalue weighted by Crippen LogP contribution is 2.28. The number of nitrogens with zero attached hydrogens (tertiary/aromatic N) is 1. The molecule has 2 aromatic rings. The van der Waals surface area contributed by atoms with E-state index in [1.54, 1.807) is 0 Å². The summed E-state index contributed by atoms with van der Waals surface area (Å²) in [6.07, 6.45) is 0. The number of benzene rings is 2. The monoisotopic (exact) mass is 435 g/mol. The van der Waals surface area contributed by atoms with Gasteiger partial charge in [0.15, 0.2) is 0 Å². The molecule has 2 aromatic carbocycles. The van der Waals surface area contributed by atoms with Crippen LogP contribution in [-0.4, -0.2) is 65.3 Å². The zero-order chi connectivity index (χ0) is 21.6. The van der Waals surface area contributed by atoms with Crippen LogP contribution in [-0.2, 0) is 19.5 Å². The van der Waals surface area contributed by atoms with Gasteiger partial charge in [0, 0.05) is 13.1 Å². The highest BCUT2D eigenvalue weighted by Gasteiger charge is 2.30. The van der Waals surface area contributed by atoms with Gasteiger partial charge in [0.2, 0.25) is 10.0 Å². The van der Waals surface area contributed by atoms with Crippen LogP contribution in [0, 0.1) is 6.92 Å². The average Bonchev–Trinajstić information content (AvgIpc) is 2.78. The molecule has 30 heavy (non-hydrogen) atoms. The van der Waals surface area contributed by atoms with Gasteiger partial charge in [-0.15, -0.1) is 0 Å². The molecule has 1 aliphatic heterocycles. The van der Waals surface area contributed by atoms with Crippen LogP contribution >= 0.6 is 0 Å². The van der Waals surface area contributed by atoms with E-state index in [9.17, 15) is 13.2 Å². The first-order valence-electron chi connectivity index (χ1n) is 9.54. The molecule has 0 atom stereocenters. The van der Waals surface area contributed by atoms with Crippen molar-refractivity contribution in [2.75, 3.05) is 46.6 Å². The van der Waals surface area contributed by atoms with Crippen molar-refractivity contribution in [3.05, 3.63) is 53.6 Å². The minimum Gasteiger partial charge on any atom is -0.495 e. The van der Waals surface area contributed by atoms with E-state index < -0.39 is 16.0 Å². The second-order valence-electron chi connectivity index (χ2n) is 6.68. The Balaban J connectivity index is 1.66. The first-order valence-corrected chi connectivity index (χ1v) is 11.0. The number of carbonyl (C=O) groups is 1. The summed E-state index contributed by atoms with van der Waals surface area (Å²) >= 11 is 0. The Bertz CT molecular complexity index is 967. The number of rotatable bonds is 8. The van der Waals surface area contributed by atoms with E-state index in [0.717, 1.165) is 5.56 Å². The summed E-state index contributed by atoms with van der Waals surface area (Å²) in [6.45, 7) is 3.34. The molecule has 1 heterocycles. The molecule has 1 aliphatic rings. The lowest BCUT2D eigenvalue weighted by atomic mass is 10.2. The Labute approximate surface area is 176 Å². The molecule has 0 saturated carbocycles. The van der Waals surface area contributed by atoms with Gasteiger partial charge >= 0.3 is 5.97 Å². The largest absolute Gasteiger partial charge is 0.495 e. The summed E-state index contributed by atoms with van der Waals surface area (Å²) in [5, 5.41) is 0. The van der Waals surface area contributed by atoms with Crippen molar-refractivity contribution in [2.45, 2.75) is 11.8 Å². The molecule has 3 rings (SSSR count). The first-order chi connectivity index (χ1) is 14.4. The SMILES string of the molecule is COc1ccc(C(=O)OCCOc2ccc(C)cc2)cc1S(=O)(=O)N1CCOCC1. The number of esters is 1. The van der Waals surface area contributed by atoms with Gasteiger partial charge in [0.1, 0.15) is 29.6 Å². The molecular weight excluding hydrogens is 410 g/mol. The minimum absolute atomic E-state index is 0.0320. The lowest BCUT2D eigenvalue weighted by Crippen LogP contribution is -2.40. The van der Waals surface area contributed by atoms with Crippen LogP contribution in [0.25, 0.3) is 0 Å². The number of aryl methyl sites for hydroxylation is 1. The fourth-order valence-electron chi connectivity index (χ4n) is 2.94. The summed E-state index contributed by atoms with van der Waals surface area (Å²) in [6, 6.07) is 11.7. The van der Waals surface area contributed by atoms with Crippen molar-refractivity contribution >= 4 is 16.0 Å². The van der Waals surface area contributed by atoms with E-state index in [1.807, 2.05) is 31.2 Å². The standard InChI is InChI=1S/C21H25NO7S/c1-16-3-6-18(7-4-16)28-13-14-29-21(23)17-5-8-19(26-2)20(15-17)30(24,25)22-9-11-27-12-10-22/h3-8,15H,9-14H2,1-2H3. The molecule has 0 unspecified atom stereocenters. The van der Waals surface area contributed by atoms with E-state index >= 15 is 0 Å². The summed E-state index contributed by atoms with van der Waals surface area (Å²) < 4.78 is 48.5. The third-order valence-electron chi connectivity index (χ3n) is 4.59. The van der Waals surface area contributed by atoms with Crippen molar-refractivity contribution in [1.29, 1.82) is 0 Å². The number of carbonyl (C=O) groups excluding carboxylic acids is 1. The molecular formula is C21H25NO7S. The van der Waals surface area contributed by atoms with Gasteiger partial charge in [-0.3, -0.25) is 0 Å². The zero-order valence-corrected chi connectivity index (χ0v) is 17.8. The highest BCUT2D eigenvalue weighted by atomic mass is 32.2. The lowest BCUT2D eigenvalue weighted by Gasteiger charge is -2.26. The maximum absolute atomic E-state index is 13.0. The quantitative estimate of drug-likeness (QED) is 0.464. The predicted octanol–water partition coefficient (Wildman–Crippen LogP) is 2.26. The molecule has 1 saturated heterocycles. The number of morpholine rings is 1. The summed E-state index contributed by atoms with van der Waals surface area (Å²) in [4.78, 5) is 12.3. The third kappa shape index (κ3) is 5.29. The van der Waals surface area contributed by atoms with Gasteiger partial charge < -0.3 is 18.9 Å². The number of hydrogen-bond acceptors (Lipinski definition) is 7. The second kappa shape index (κ2) is 9.92. The topological polar surface area (TPSA) is 91.4 Å². The Kier molecular flexibility index (Phi) is 7.30. The molecule has 0 spiro atoms. The van der Waals surface area contributed by atoms with Crippen molar-refractivity contribution in [3.8, 4) is 11.5 Å². The number of methoxy groups -OCH3 is 1. The Morgan fingerprint density at radius 2 is 1.77 bits per heavy atom.